The van der Waals surface area contributed by atoms with Gasteiger partial charge in [0.1, 0.15) is 18.1 Å². The van der Waals surface area contributed by atoms with E-state index in [1.807, 2.05) is 56.3 Å². The van der Waals surface area contributed by atoms with Crippen LogP contribution in [-0.4, -0.2) is 31.1 Å². The third kappa shape index (κ3) is 7.12. The van der Waals surface area contributed by atoms with Crippen molar-refractivity contribution >= 4 is 47.2 Å². The number of nitrogens with one attached hydrogen (secondary N) is 2. The Kier molecular flexibility index (Phi) is 8.56. The average Bonchev–Trinajstić information content (AvgIpc) is 2.66. The number of anilines is 2. The number of hydrogen-bond acceptors (Lipinski definition) is 4. The number of benzene rings is 2. The second kappa shape index (κ2) is 10.9. The van der Waals surface area contributed by atoms with Gasteiger partial charge in [0.15, 0.2) is 5.96 Å². The molecule has 0 fully saturated rings. The first-order chi connectivity index (χ1) is 13.5. The van der Waals surface area contributed by atoms with Gasteiger partial charge in [-0.15, -0.1) is 24.0 Å². The van der Waals surface area contributed by atoms with E-state index in [2.05, 4.69) is 15.6 Å². The topological polar surface area (TPSA) is 98.0 Å². The molecule has 156 valence electrons. The van der Waals surface area contributed by atoms with Crippen molar-refractivity contribution < 1.29 is 14.3 Å². The van der Waals surface area contributed by atoms with E-state index >= 15 is 0 Å². The molecule has 0 radical (unpaired) electrons. The van der Waals surface area contributed by atoms with Gasteiger partial charge in [-0.1, -0.05) is 0 Å². The molecule has 29 heavy (non-hydrogen) atoms. The summed E-state index contributed by atoms with van der Waals surface area (Å²) in [4.78, 5) is 15.7. The summed E-state index contributed by atoms with van der Waals surface area (Å²) in [5, 5.41) is 5.90. The molecule has 0 saturated carbocycles. The van der Waals surface area contributed by atoms with Gasteiger partial charge >= 0.3 is 0 Å². The normalized spacial score (nSPS) is 13.2. The molecule has 1 aliphatic heterocycles. The standard InChI is InChI=1S/C21H26N4O3.HI/c1-14(2)28-17-6-4-16(5-7-17)24-21(22)23-11-12-27-18-8-9-19-15(13-18)3-10-20(26)25-19;/h4-9,13-14H,3,10-12H2,1-2H3,(H,25,26)(H3,22,23,24);1H. The number of nitrogens with two attached hydrogens (primary N) is 1. The Bertz CT molecular complexity index is 854. The van der Waals surface area contributed by atoms with E-state index in [-0.39, 0.29) is 36.0 Å². The van der Waals surface area contributed by atoms with E-state index in [0.29, 0.717) is 25.5 Å². The monoisotopic (exact) mass is 510 g/mol. The van der Waals surface area contributed by atoms with E-state index in [4.69, 9.17) is 15.2 Å². The largest absolute Gasteiger partial charge is 0.492 e. The molecule has 1 heterocycles. The lowest BCUT2D eigenvalue weighted by Crippen LogP contribution is -2.23. The van der Waals surface area contributed by atoms with Crippen LogP contribution in [0.25, 0.3) is 0 Å². The molecule has 0 bridgehead atoms. The van der Waals surface area contributed by atoms with Gasteiger partial charge in [0, 0.05) is 17.8 Å². The van der Waals surface area contributed by atoms with Crippen molar-refractivity contribution in [1.29, 1.82) is 0 Å². The number of ether oxygens (including phenoxy) is 2. The van der Waals surface area contributed by atoms with Crippen molar-refractivity contribution in [2.24, 2.45) is 10.7 Å². The van der Waals surface area contributed by atoms with Gasteiger partial charge in [-0.05, 0) is 68.3 Å². The first-order valence-corrected chi connectivity index (χ1v) is 9.39. The maximum atomic E-state index is 11.4. The molecule has 0 aliphatic carbocycles. The van der Waals surface area contributed by atoms with Crippen LogP contribution in [-0.2, 0) is 11.2 Å². The predicted molar refractivity (Wildman–Crippen MR) is 127 cm³/mol. The highest BCUT2D eigenvalue weighted by atomic mass is 127. The molecule has 0 spiro atoms. The number of rotatable bonds is 7. The molecule has 0 atom stereocenters. The number of fused-ring (bicyclic) bond motifs is 1. The predicted octanol–water partition coefficient (Wildman–Crippen LogP) is 3.78. The highest BCUT2D eigenvalue weighted by Crippen LogP contribution is 2.26. The number of amides is 1. The summed E-state index contributed by atoms with van der Waals surface area (Å²) in [6, 6.07) is 13.2. The number of halogens is 1. The zero-order chi connectivity index (χ0) is 19.9. The number of carbonyl (C=O) groups is 1. The minimum absolute atomic E-state index is 0. The van der Waals surface area contributed by atoms with Crippen molar-refractivity contribution in [2.75, 3.05) is 23.8 Å². The summed E-state index contributed by atoms with van der Waals surface area (Å²) in [5.74, 6) is 1.96. The minimum atomic E-state index is 0. The molecule has 3 rings (SSSR count). The van der Waals surface area contributed by atoms with Crippen LogP contribution in [0.5, 0.6) is 11.5 Å². The van der Waals surface area contributed by atoms with Crippen LogP contribution in [0.3, 0.4) is 0 Å². The molecule has 0 unspecified atom stereocenters. The van der Waals surface area contributed by atoms with E-state index in [0.717, 1.165) is 34.9 Å². The van der Waals surface area contributed by atoms with Crippen molar-refractivity contribution in [3.05, 3.63) is 48.0 Å². The molecule has 2 aromatic rings. The summed E-state index contributed by atoms with van der Waals surface area (Å²) in [7, 11) is 0. The van der Waals surface area contributed by atoms with Crippen LogP contribution in [0.2, 0.25) is 0 Å². The van der Waals surface area contributed by atoms with Gasteiger partial charge in [0.25, 0.3) is 0 Å². The fourth-order valence-corrected chi connectivity index (χ4v) is 2.86. The Morgan fingerprint density at radius 3 is 2.62 bits per heavy atom. The molecular weight excluding hydrogens is 483 g/mol. The van der Waals surface area contributed by atoms with Crippen LogP contribution in [0.4, 0.5) is 11.4 Å². The van der Waals surface area contributed by atoms with Crippen LogP contribution < -0.4 is 25.8 Å². The van der Waals surface area contributed by atoms with E-state index in [1.165, 1.54) is 0 Å². The molecule has 2 aromatic carbocycles. The highest BCUT2D eigenvalue weighted by Gasteiger charge is 2.14. The average molecular weight is 510 g/mol. The number of nitrogens with zero attached hydrogens (tertiary/aromatic N) is 1. The van der Waals surface area contributed by atoms with Crippen molar-refractivity contribution in [3.63, 3.8) is 0 Å². The molecule has 8 heteroatoms. The zero-order valence-corrected chi connectivity index (χ0v) is 18.9. The molecule has 0 saturated heterocycles. The Morgan fingerprint density at radius 1 is 1.17 bits per heavy atom. The van der Waals surface area contributed by atoms with Gasteiger partial charge in [-0.3, -0.25) is 4.79 Å². The van der Waals surface area contributed by atoms with Gasteiger partial charge < -0.3 is 25.8 Å². The maximum Gasteiger partial charge on any atom is 0.224 e. The molecule has 1 aliphatic rings. The Labute approximate surface area is 188 Å². The summed E-state index contributed by atoms with van der Waals surface area (Å²) in [5.41, 5.74) is 8.71. The smallest absolute Gasteiger partial charge is 0.224 e. The third-order valence-corrected chi connectivity index (χ3v) is 4.11. The van der Waals surface area contributed by atoms with Crippen molar-refractivity contribution in [2.45, 2.75) is 32.8 Å². The van der Waals surface area contributed by atoms with E-state index in [9.17, 15) is 4.79 Å². The van der Waals surface area contributed by atoms with Crippen LogP contribution >= 0.6 is 24.0 Å². The summed E-state index contributed by atoms with van der Waals surface area (Å²) in [6.45, 7) is 4.82. The summed E-state index contributed by atoms with van der Waals surface area (Å²) < 4.78 is 11.3. The fourth-order valence-electron chi connectivity index (χ4n) is 2.86. The van der Waals surface area contributed by atoms with Crippen molar-refractivity contribution in [1.82, 2.24) is 0 Å². The first kappa shape index (κ1) is 22.8. The lowest BCUT2D eigenvalue weighted by molar-refractivity contribution is -0.116. The molecule has 1 amide bonds. The van der Waals surface area contributed by atoms with Gasteiger partial charge in [-0.25, -0.2) is 4.99 Å². The number of aliphatic imine (C=N–C) groups is 1. The Hall–Kier alpha value is -2.49. The van der Waals surface area contributed by atoms with Gasteiger partial charge in [0.05, 0.1) is 12.6 Å². The second-order valence-corrected chi connectivity index (χ2v) is 6.80. The number of carbonyl (C=O) groups excluding carboxylic acids is 1. The minimum Gasteiger partial charge on any atom is -0.492 e. The van der Waals surface area contributed by atoms with Crippen molar-refractivity contribution in [3.8, 4) is 11.5 Å². The SMILES string of the molecule is CC(C)Oc1ccc(NC(N)=NCCOc2ccc3c(c2)CCC(=O)N3)cc1.I. The van der Waals surface area contributed by atoms with Gasteiger partial charge in [-0.2, -0.15) is 0 Å². The van der Waals surface area contributed by atoms with Crippen LogP contribution in [0, 0.1) is 0 Å². The van der Waals surface area contributed by atoms with Crippen LogP contribution in [0.15, 0.2) is 47.5 Å². The van der Waals surface area contributed by atoms with Gasteiger partial charge in [0.2, 0.25) is 5.91 Å². The van der Waals surface area contributed by atoms with Crippen LogP contribution in [0.1, 0.15) is 25.8 Å². The molecular formula is C21H27IN4O3. The van der Waals surface area contributed by atoms with E-state index in [1.54, 1.807) is 0 Å². The quantitative estimate of drug-likeness (QED) is 0.228. The number of guanidine groups is 1. The Morgan fingerprint density at radius 2 is 1.90 bits per heavy atom. The first-order valence-electron chi connectivity index (χ1n) is 9.39. The third-order valence-electron chi connectivity index (χ3n) is 4.11. The highest BCUT2D eigenvalue weighted by molar-refractivity contribution is 14.0. The maximum absolute atomic E-state index is 11.4. The lowest BCUT2D eigenvalue weighted by atomic mass is 10.0. The second-order valence-electron chi connectivity index (χ2n) is 6.80. The fraction of sp³-hybridized carbons (Fsp3) is 0.333. The summed E-state index contributed by atoms with van der Waals surface area (Å²) >= 11 is 0. The molecule has 0 aromatic heterocycles. The lowest BCUT2D eigenvalue weighted by Gasteiger charge is -2.17. The molecule has 7 nitrogen and oxygen atoms in total. The number of hydrogen-bond donors (Lipinski definition) is 3. The summed E-state index contributed by atoms with van der Waals surface area (Å²) in [6.07, 6.45) is 1.38. The molecule has 4 N–H and O–H groups in total. The Balaban J connectivity index is 0.00000300. The number of aryl methyl sites for hydroxylation is 1. The van der Waals surface area contributed by atoms with E-state index < -0.39 is 0 Å². The zero-order valence-electron chi connectivity index (χ0n) is 16.6.